The Balaban J connectivity index is 2.09. The van der Waals surface area contributed by atoms with E-state index in [1.807, 2.05) is 0 Å². The van der Waals surface area contributed by atoms with Crippen LogP contribution in [0.5, 0.6) is 17.2 Å². The highest BCUT2D eigenvalue weighted by Gasteiger charge is 2.32. The lowest BCUT2D eigenvalue weighted by Crippen LogP contribution is -2.49. The zero-order valence-corrected chi connectivity index (χ0v) is 15.5. The van der Waals surface area contributed by atoms with Crippen LogP contribution in [-0.4, -0.2) is 39.1 Å². The van der Waals surface area contributed by atoms with E-state index < -0.39 is 29.6 Å². The highest BCUT2D eigenvalue weighted by Crippen LogP contribution is 2.38. The van der Waals surface area contributed by atoms with Gasteiger partial charge < -0.3 is 24.1 Å². The Morgan fingerprint density at radius 2 is 1.48 bits per heavy atom. The van der Waals surface area contributed by atoms with Gasteiger partial charge in [0.1, 0.15) is 0 Å². The molecule has 1 saturated carbocycles. The molecule has 1 aromatic rings. The van der Waals surface area contributed by atoms with Gasteiger partial charge in [0.2, 0.25) is 11.7 Å². The first-order valence-corrected chi connectivity index (χ1v) is 8.54. The first-order chi connectivity index (χ1) is 12.9. The Morgan fingerprint density at radius 3 is 1.96 bits per heavy atom. The molecule has 0 unspecified atom stereocenters. The first kappa shape index (κ1) is 20.3. The normalized spacial score (nSPS) is 18.9. The van der Waals surface area contributed by atoms with Gasteiger partial charge in [0.05, 0.1) is 21.3 Å². The van der Waals surface area contributed by atoms with Gasteiger partial charge in [0, 0.05) is 23.4 Å². The minimum absolute atomic E-state index is 0.171. The lowest BCUT2D eigenvalue weighted by Gasteiger charge is -2.31. The van der Waals surface area contributed by atoms with Gasteiger partial charge in [-0.15, -0.1) is 0 Å². The van der Waals surface area contributed by atoms with Gasteiger partial charge in [-0.2, -0.15) is 0 Å². The van der Waals surface area contributed by atoms with Gasteiger partial charge in [-0.25, -0.2) is 0 Å². The molecule has 1 aliphatic carbocycles. The second kappa shape index (κ2) is 9.11. The molecule has 0 spiro atoms. The summed E-state index contributed by atoms with van der Waals surface area (Å²) in [4.78, 5) is 35.9. The van der Waals surface area contributed by atoms with E-state index >= 15 is 0 Å². The molecule has 148 valence electrons. The van der Waals surface area contributed by atoms with Crippen molar-refractivity contribution in [1.82, 2.24) is 10.9 Å². The van der Waals surface area contributed by atoms with Crippen LogP contribution >= 0.6 is 0 Å². The number of carboxylic acids is 1. The molecule has 1 fully saturated rings. The molecule has 0 radical (unpaired) electrons. The van der Waals surface area contributed by atoms with E-state index in [2.05, 4.69) is 10.9 Å². The van der Waals surface area contributed by atoms with Crippen LogP contribution in [0.25, 0.3) is 0 Å². The molecular formula is C18H23N2O7-. The number of methoxy groups -OCH3 is 3. The SMILES string of the molecule is COc1cc(C(=O)NNC(=O)[C@@H]2CCCC[C@@H]2C(=O)[O-])cc(OC)c1OC. The number of ether oxygens (including phenoxy) is 3. The van der Waals surface area contributed by atoms with Crippen LogP contribution < -0.4 is 30.2 Å². The number of hydrogen-bond acceptors (Lipinski definition) is 7. The standard InChI is InChI=1S/C18H24N2O7/c1-25-13-8-10(9-14(26-2)15(13)27-3)16(21)19-20-17(22)11-6-4-5-7-12(11)18(23)24/h8-9,11-12H,4-7H2,1-3H3,(H,19,21)(H,20,22)(H,23,24)/p-1/t11-,12+/m1/s1. The van der Waals surface area contributed by atoms with E-state index in [9.17, 15) is 19.5 Å². The summed E-state index contributed by atoms with van der Waals surface area (Å²) in [7, 11) is 4.28. The zero-order chi connectivity index (χ0) is 20.0. The Kier molecular flexibility index (Phi) is 6.86. The van der Waals surface area contributed by atoms with Gasteiger partial charge in [0.25, 0.3) is 5.91 Å². The van der Waals surface area contributed by atoms with E-state index in [0.717, 1.165) is 12.8 Å². The average molecular weight is 379 g/mol. The molecule has 0 bridgehead atoms. The minimum Gasteiger partial charge on any atom is -0.550 e. The van der Waals surface area contributed by atoms with E-state index in [4.69, 9.17) is 14.2 Å². The van der Waals surface area contributed by atoms with Gasteiger partial charge in [0.15, 0.2) is 11.5 Å². The number of hydrogen-bond donors (Lipinski definition) is 2. The summed E-state index contributed by atoms with van der Waals surface area (Å²) in [6.07, 6.45) is 2.31. The number of aliphatic carboxylic acids is 1. The fourth-order valence-electron chi connectivity index (χ4n) is 3.22. The van der Waals surface area contributed by atoms with Crippen molar-refractivity contribution >= 4 is 17.8 Å². The molecule has 1 aliphatic rings. The van der Waals surface area contributed by atoms with Crippen molar-refractivity contribution in [3.05, 3.63) is 17.7 Å². The molecule has 1 aromatic carbocycles. The lowest BCUT2D eigenvalue weighted by molar-refractivity contribution is -0.314. The van der Waals surface area contributed by atoms with Gasteiger partial charge >= 0.3 is 0 Å². The topological polar surface area (TPSA) is 126 Å². The fraction of sp³-hybridized carbons (Fsp3) is 0.500. The largest absolute Gasteiger partial charge is 0.550 e. The third-order valence-corrected chi connectivity index (χ3v) is 4.63. The van der Waals surface area contributed by atoms with E-state index in [1.54, 1.807) is 0 Å². The predicted octanol–water partition coefficient (Wildman–Crippen LogP) is 0.0297. The van der Waals surface area contributed by atoms with Crippen molar-refractivity contribution in [2.75, 3.05) is 21.3 Å². The molecule has 0 saturated heterocycles. The van der Waals surface area contributed by atoms with Gasteiger partial charge in [-0.05, 0) is 25.0 Å². The third-order valence-electron chi connectivity index (χ3n) is 4.63. The summed E-state index contributed by atoms with van der Waals surface area (Å²) in [6.45, 7) is 0. The Morgan fingerprint density at radius 1 is 0.926 bits per heavy atom. The zero-order valence-electron chi connectivity index (χ0n) is 15.5. The maximum Gasteiger partial charge on any atom is 0.269 e. The molecule has 0 aliphatic heterocycles. The number of benzene rings is 1. The van der Waals surface area contributed by atoms with Gasteiger partial charge in [-0.1, -0.05) is 12.8 Å². The van der Waals surface area contributed by atoms with Crippen LogP contribution in [0.4, 0.5) is 0 Å². The van der Waals surface area contributed by atoms with Crippen LogP contribution in [0, 0.1) is 11.8 Å². The van der Waals surface area contributed by atoms with Gasteiger partial charge in [-0.3, -0.25) is 20.4 Å². The van der Waals surface area contributed by atoms with Crippen LogP contribution in [0.2, 0.25) is 0 Å². The second-order valence-electron chi connectivity index (χ2n) is 6.17. The summed E-state index contributed by atoms with van der Waals surface area (Å²) in [6, 6.07) is 2.88. The number of carboxylic acid groups (broad SMARTS) is 1. The Hall–Kier alpha value is -2.97. The molecule has 27 heavy (non-hydrogen) atoms. The molecule has 2 amide bonds. The number of nitrogens with one attached hydrogen (secondary N) is 2. The maximum atomic E-state index is 12.4. The summed E-state index contributed by atoms with van der Waals surface area (Å²) in [5.41, 5.74) is 4.76. The molecule has 2 N–H and O–H groups in total. The highest BCUT2D eigenvalue weighted by atomic mass is 16.5. The van der Waals surface area contributed by atoms with Crippen LogP contribution in [0.15, 0.2) is 12.1 Å². The smallest absolute Gasteiger partial charge is 0.269 e. The third kappa shape index (κ3) is 4.60. The number of rotatable bonds is 6. The number of carbonyl (C=O) groups is 3. The monoisotopic (exact) mass is 379 g/mol. The predicted molar refractivity (Wildman–Crippen MR) is 92.2 cm³/mol. The molecule has 0 aromatic heterocycles. The van der Waals surface area contributed by atoms with Crippen molar-refractivity contribution in [1.29, 1.82) is 0 Å². The molecule has 9 nitrogen and oxygen atoms in total. The maximum absolute atomic E-state index is 12.4. The number of carbonyl (C=O) groups excluding carboxylic acids is 3. The quantitative estimate of drug-likeness (QED) is 0.668. The minimum atomic E-state index is -1.24. The molecule has 9 heteroatoms. The molecule has 2 rings (SSSR count). The molecule has 2 atom stereocenters. The summed E-state index contributed by atoms with van der Waals surface area (Å²) < 4.78 is 15.6. The second-order valence-corrected chi connectivity index (χ2v) is 6.17. The van der Waals surface area contributed by atoms with Crippen molar-refractivity contribution in [2.45, 2.75) is 25.7 Å². The Labute approximate surface area is 156 Å². The number of amides is 2. The van der Waals surface area contributed by atoms with Crippen molar-refractivity contribution in [3.8, 4) is 17.2 Å². The summed E-state index contributed by atoms with van der Waals surface area (Å²) >= 11 is 0. The molecular weight excluding hydrogens is 356 g/mol. The highest BCUT2D eigenvalue weighted by molar-refractivity contribution is 5.97. The lowest BCUT2D eigenvalue weighted by atomic mass is 9.79. The summed E-state index contributed by atoms with van der Waals surface area (Å²) in [5, 5.41) is 11.2. The van der Waals surface area contributed by atoms with Crippen molar-refractivity contribution in [2.24, 2.45) is 11.8 Å². The first-order valence-electron chi connectivity index (χ1n) is 8.54. The Bertz CT molecular complexity index is 695. The number of hydrazine groups is 1. The van der Waals surface area contributed by atoms with E-state index in [1.165, 1.54) is 33.5 Å². The van der Waals surface area contributed by atoms with Crippen LogP contribution in [-0.2, 0) is 9.59 Å². The van der Waals surface area contributed by atoms with Crippen LogP contribution in [0.3, 0.4) is 0 Å². The van der Waals surface area contributed by atoms with Crippen molar-refractivity contribution in [3.63, 3.8) is 0 Å². The van der Waals surface area contributed by atoms with Crippen molar-refractivity contribution < 1.29 is 33.7 Å². The average Bonchev–Trinajstić information content (AvgIpc) is 2.70. The fourth-order valence-corrected chi connectivity index (χ4v) is 3.22. The summed E-state index contributed by atoms with van der Waals surface area (Å²) in [5.74, 6) is -3.07. The van der Waals surface area contributed by atoms with E-state index in [-0.39, 0.29) is 17.1 Å². The van der Waals surface area contributed by atoms with E-state index in [0.29, 0.717) is 18.6 Å². The molecule has 0 heterocycles. The van der Waals surface area contributed by atoms with Crippen LogP contribution in [0.1, 0.15) is 36.0 Å².